The second kappa shape index (κ2) is 9.74. The van der Waals surface area contributed by atoms with Gasteiger partial charge in [-0.15, -0.1) is 15.3 Å². The normalized spacial score (nSPS) is 15.2. The summed E-state index contributed by atoms with van der Waals surface area (Å²) in [5.74, 6) is 2.47. The number of amides is 1. The fourth-order valence-corrected chi connectivity index (χ4v) is 4.51. The predicted octanol–water partition coefficient (Wildman–Crippen LogP) is 4.20. The molecule has 1 saturated heterocycles. The standard InChI is InChI=1S/C27H30N6O2/c1-18-4-6-20(7-5-18)19(2)28-27(34)22-14-16-32(17-15-22)25-13-12-24-29-30-26(33(24)31-25)21-8-10-23(35-3)11-9-21/h4-13,19,22H,14-17H2,1-3H3,(H,28,34)/t19-/m1/s1. The largest absolute Gasteiger partial charge is 0.497 e. The quantitative estimate of drug-likeness (QED) is 0.455. The Kier molecular flexibility index (Phi) is 6.35. The monoisotopic (exact) mass is 470 g/mol. The summed E-state index contributed by atoms with van der Waals surface area (Å²) in [7, 11) is 1.65. The van der Waals surface area contributed by atoms with Crippen molar-refractivity contribution in [3.05, 3.63) is 71.8 Å². The average Bonchev–Trinajstić information content (AvgIpc) is 3.32. The summed E-state index contributed by atoms with van der Waals surface area (Å²) in [6, 6.07) is 19.9. The van der Waals surface area contributed by atoms with Crippen LogP contribution in [-0.4, -0.2) is 45.9 Å². The minimum Gasteiger partial charge on any atom is -0.497 e. The van der Waals surface area contributed by atoms with Crippen molar-refractivity contribution in [1.29, 1.82) is 0 Å². The summed E-state index contributed by atoms with van der Waals surface area (Å²) < 4.78 is 7.03. The van der Waals surface area contributed by atoms with Crippen LogP contribution in [0.5, 0.6) is 5.75 Å². The molecule has 0 bridgehead atoms. The Bertz CT molecular complexity index is 1310. The molecule has 0 unspecified atom stereocenters. The zero-order chi connectivity index (χ0) is 24.4. The molecule has 2 aromatic heterocycles. The van der Waals surface area contributed by atoms with E-state index < -0.39 is 0 Å². The van der Waals surface area contributed by atoms with E-state index in [1.807, 2.05) is 43.3 Å². The Balaban J connectivity index is 1.24. The Morgan fingerprint density at radius 2 is 1.71 bits per heavy atom. The molecule has 0 spiro atoms. The van der Waals surface area contributed by atoms with Gasteiger partial charge < -0.3 is 15.0 Å². The number of hydrogen-bond acceptors (Lipinski definition) is 6. The Labute approximate surface area is 204 Å². The van der Waals surface area contributed by atoms with Crippen LogP contribution < -0.4 is 15.0 Å². The number of carbonyl (C=O) groups excluding carboxylic acids is 1. The van der Waals surface area contributed by atoms with Crippen molar-refractivity contribution in [2.45, 2.75) is 32.7 Å². The van der Waals surface area contributed by atoms with Gasteiger partial charge >= 0.3 is 0 Å². The van der Waals surface area contributed by atoms with Gasteiger partial charge in [0.2, 0.25) is 5.91 Å². The number of anilines is 1. The van der Waals surface area contributed by atoms with Crippen molar-refractivity contribution < 1.29 is 9.53 Å². The molecule has 1 atom stereocenters. The Hall–Kier alpha value is -3.94. The van der Waals surface area contributed by atoms with Gasteiger partial charge in [-0.05, 0) is 68.7 Å². The van der Waals surface area contributed by atoms with E-state index in [-0.39, 0.29) is 17.9 Å². The van der Waals surface area contributed by atoms with Crippen LogP contribution in [0.3, 0.4) is 0 Å². The van der Waals surface area contributed by atoms with Crippen LogP contribution in [0, 0.1) is 12.8 Å². The van der Waals surface area contributed by atoms with Gasteiger partial charge in [0.25, 0.3) is 0 Å². The van der Waals surface area contributed by atoms with E-state index in [1.54, 1.807) is 11.6 Å². The summed E-state index contributed by atoms with van der Waals surface area (Å²) in [6.07, 6.45) is 1.58. The van der Waals surface area contributed by atoms with E-state index in [0.29, 0.717) is 11.5 Å². The van der Waals surface area contributed by atoms with E-state index >= 15 is 0 Å². The first-order valence-corrected chi connectivity index (χ1v) is 12.0. The SMILES string of the molecule is COc1ccc(-c2nnc3ccc(N4CCC(C(=O)N[C@H](C)c5ccc(C)cc5)CC4)nn23)cc1. The van der Waals surface area contributed by atoms with Crippen molar-refractivity contribution >= 4 is 17.4 Å². The van der Waals surface area contributed by atoms with Gasteiger partial charge in [-0.3, -0.25) is 4.79 Å². The highest BCUT2D eigenvalue weighted by atomic mass is 16.5. The lowest BCUT2D eigenvalue weighted by atomic mass is 9.95. The number of nitrogens with zero attached hydrogens (tertiary/aromatic N) is 5. The number of benzene rings is 2. The van der Waals surface area contributed by atoms with Crippen molar-refractivity contribution in [1.82, 2.24) is 25.1 Å². The van der Waals surface area contributed by atoms with Crippen LogP contribution in [0.4, 0.5) is 5.82 Å². The topological polar surface area (TPSA) is 84.7 Å². The summed E-state index contributed by atoms with van der Waals surface area (Å²) >= 11 is 0. The molecule has 2 aromatic carbocycles. The molecule has 180 valence electrons. The van der Waals surface area contributed by atoms with Crippen molar-refractivity contribution in [3.63, 3.8) is 0 Å². The second-order valence-corrected chi connectivity index (χ2v) is 9.12. The third kappa shape index (κ3) is 4.82. The number of fused-ring (bicyclic) bond motifs is 1. The van der Waals surface area contributed by atoms with Crippen LogP contribution in [0.2, 0.25) is 0 Å². The summed E-state index contributed by atoms with van der Waals surface area (Å²) in [6.45, 7) is 5.65. The van der Waals surface area contributed by atoms with Gasteiger partial charge in [-0.25, -0.2) is 0 Å². The Morgan fingerprint density at radius 1 is 1.00 bits per heavy atom. The number of aromatic nitrogens is 4. The molecule has 1 amide bonds. The van der Waals surface area contributed by atoms with Crippen LogP contribution in [0.25, 0.3) is 17.0 Å². The molecule has 8 heteroatoms. The predicted molar refractivity (Wildman–Crippen MR) is 135 cm³/mol. The van der Waals surface area contributed by atoms with E-state index in [9.17, 15) is 4.79 Å². The van der Waals surface area contributed by atoms with E-state index in [4.69, 9.17) is 9.84 Å². The smallest absolute Gasteiger partial charge is 0.223 e. The summed E-state index contributed by atoms with van der Waals surface area (Å²) in [5, 5.41) is 16.6. The zero-order valence-electron chi connectivity index (χ0n) is 20.3. The fraction of sp³-hybridized carbons (Fsp3) is 0.333. The first kappa shape index (κ1) is 22.8. The van der Waals surface area contributed by atoms with Crippen LogP contribution in [0.15, 0.2) is 60.7 Å². The first-order chi connectivity index (χ1) is 17.0. The lowest BCUT2D eigenvalue weighted by molar-refractivity contribution is -0.126. The first-order valence-electron chi connectivity index (χ1n) is 12.0. The van der Waals surface area contributed by atoms with E-state index in [2.05, 4.69) is 51.6 Å². The highest BCUT2D eigenvalue weighted by Gasteiger charge is 2.27. The molecular formula is C27H30N6O2. The minimum atomic E-state index is -0.00433. The molecule has 1 fully saturated rings. The number of nitrogens with one attached hydrogen (secondary N) is 1. The van der Waals surface area contributed by atoms with Crippen LogP contribution >= 0.6 is 0 Å². The molecule has 4 aromatic rings. The minimum absolute atomic E-state index is 0.00433. The fourth-order valence-electron chi connectivity index (χ4n) is 4.51. The average molecular weight is 471 g/mol. The third-order valence-electron chi connectivity index (χ3n) is 6.72. The van der Waals surface area contributed by atoms with E-state index in [0.717, 1.165) is 48.6 Å². The van der Waals surface area contributed by atoms with Gasteiger partial charge in [0, 0.05) is 24.6 Å². The number of hydrogen-bond donors (Lipinski definition) is 1. The van der Waals surface area contributed by atoms with Crippen molar-refractivity contribution in [2.75, 3.05) is 25.1 Å². The number of methoxy groups -OCH3 is 1. The van der Waals surface area contributed by atoms with Gasteiger partial charge in [-0.2, -0.15) is 4.52 Å². The third-order valence-corrected chi connectivity index (χ3v) is 6.72. The van der Waals surface area contributed by atoms with Gasteiger partial charge in [0.1, 0.15) is 11.6 Å². The lowest BCUT2D eigenvalue weighted by Crippen LogP contribution is -2.41. The second-order valence-electron chi connectivity index (χ2n) is 9.12. The molecule has 1 aliphatic rings. The number of ether oxygens (including phenoxy) is 1. The van der Waals surface area contributed by atoms with Gasteiger partial charge in [-0.1, -0.05) is 29.8 Å². The van der Waals surface area contributed by atoms with Gasteiger partial charge in [0.05, 0.1) is 13.2 Å². The highest BCUT2D eigenvalue weighted by molar-refractivity contribution is 5.79. The number of piperidine rings is 1. The van der Waals surface area contributed by atoms with Crippen molar-refractivity contribution in [2.24, 2.45) is 5.92 Å². The molecule has 35 heavy (non-hydrogen) atoms. The lowest BCUT2D eigenvalue weighted by Gasteiger charge is -2.32. The zero-order valence-corrected chi connectivity index (χ0v) is 20.3. The van der Waals surface area contributed by atoms with E-state index in [1.165, 1.54) is 5.56 Å². The van der Waals surface area contributed by atoms with Gasteiger partial charge in [0.15, 0.2) is 11.5 Å². The maximum atomic E-state index is 12.9. The molecule has 8 nitrogen and oxygen atoms in total. The maximum Gasteiger partial charge on any atom is 0.223 e. The molecular weight excluding hydrogens is 440 g/mol. The maximum absolute atomic E-state index is 12.9. The number of aryl methyl sites for hydroxylation is 1. The number of carbonyl (C=O) groups is 1. The molecule has 0 saturated carbocycles. The molecule has 5 rings (SSSR count). The molecule has 1 aliphatic heterocycles. The highest BCUT2D eigenvalue weighted by Crippen LogP contribution is 2.25. The van der Waals surface area contributed by atoms with Crippen LogP contribution in [-0.2, 0) is 4.79 Å². The summed E-state index contributed by atoms with van der Waals surface area (Å²) in [5.41, 5.74) is 3.95. The molecule has 0 radical (unpaired) electrons. The van der Waals surface area contributed by atoms with Crippen molar-refractivity contribution in [3.8, 4) is 17.1 Å². The molecule has 0 aliphatic carbocycles. The molecule has 1 N–H and O–H groups in total. The summed E-state index contributed by atoms with van der Waals surface area (Å²) in [4.78, 5) is 15.1. The number of rotatable bonds is 6. The molecule has 3 heterocycles. The Morgan fingerprint density at radius 3 is 2.40 bits per heavy atom. The van der Waals surface area contributed by atoms with Crippen LogP contribution in [0.1, 0.15) is 36.9 Å².